The van der Waals surface area contributed by atoms with E-state index in [4.69, 9.17) is 9.47 Å². The van der Waals surface area contributed by atoms with Gasteiger partial charge in [0.05, 0.1) is 24.5 Å². The van der Waals surface area contributed by atoms with E-state index in [9.17, 15) is 9.59 Å². The highest BCUT2D eigenvalue weighted by atomic mass is 16.5. The Morgan fingerprint density at radius 2 is 1.72 bits per heavy atom. The molecule has 130 valence electrons. The third-order valence-electron chi connectivity index (χ3n) is 3.35. The number of ketones is 1. The molecule has 0 atom stereocenters. The minimum Gasteiger partial charge on any atom is -0.494 e. The monoisotopic (exact) mass is 339 g/mol. The molecule has 5 nitrogen and oxygen atoms in total. The third-order valence-corrected chi connectivity index (χ3v) is 3.35. The number of hydrogen-bond acceptors (Lipinski definition) is 5. The first-order valence-electron chi connectivity index (χ1n) is 8.12. The topological polar surface area (TPSA) is 64.6 Å². The van der Waals surface area contributed by atoms with Gasteiger partial charge in [0.2, 0.25) is 0 Å². The minimum atomic E-state index is -0.406. The zero-order valence-corrected chi connectivity index (χ0v) is 14.3. The van der Waals surface area contributed by atoms with Crippen LogP contribution in [0.4, 0.5) is 5.69 Å². The van der Waals surface area contributed by atoms with Crippen molar-refractivity contribution < 1.29 is 19.1 Å². The number of ether oxygens (including phenoxy) is 2. The van der Waals surface area contributed by atoms with Gasteiger partial charge in [-0.15, -0.1) is 0 Å². The maximum atomic E-state index is 12.2. The van der Waals surface area contributed by atoms with Crippen molar-refractivity contribution in [1.82, 2.24) is 0 Å². The maximum absolute atomic E-state index is 12.2. The molecule has 0 aliphatic carbocycles. The van der Waals surface area contributed by atoms with E-state index in [0.717, 1.165) is 5.75 Å². The number of rotatable bonds is 8. The van der Waals surface area contributed by atoms with Gasteiger partial charge >= 0.3 is 5.97 Å². The van der Waals surface area contributed by atoms with E-state index in [1.54, 1.807) is 55.5 Å². The van der Waals surface area contributed by atoms with E-state index >= 15 is 0 Å². The average Bonchev–Trinajstić information content (AvgIpc) is 2.63. The standard InChI is InChI=1S/C20H21NO4/c1-3-24-16-11-9-15(10-12-16)19(22)13-14-21-18-8-6-5-7-17(18)20(23)25-4-2/h5-14,21H,3-4H2,1-2H3/b14-13+. The second kappa shape index (κ2) is 9.27. The summed E-state index contributed by atoms with van der Waals surface area (Å²) in [7, 11) is 0. The van der Waals surface area contributed by atoms with E-state index in [1.165, 1.54) is 12.3 Å². The van der Waals surface area contributed by atoms with Crippen molar-refractivity contribution in [2.45, 2.75) is 13.8 Å². The van der Waals surface area contributed by atoms with Crippen LogP contribution in [-0.4, -0.2) is 25.0 Å². The highest BCUT2D eigenvalue weighted by Crippen LogP contribution is 2.17. The number of carbonyl (C=O) groups is 2. The van der Waals surface area contributed by atoms with Gasteiger partial charge in [-0.05, 0) is 50.2 Å². The zero-order valence-electron chi connectivity index (χ0n) is 14.3. The summed E-state index contributed by atoms with van der Waals surface area (Å²) in [5, 5.41) is 2.96. The first-order chi connectivity index (χ1) is 12.2. The molecule has 0 amide bonds. The number of esters is 1. The molecule has 0 aromatic heterocycles. The van der Waals surface area contributed by atoms with Crippen molar-refractivity contribution in [3.8, 4) is 5.75 Å². The lowest BCUT2D eigenvalue weighted by atomic mass is 10.1. The second-order valence-electron chi connectivity index (χ2n) is 5.07. The summed E-state index contributed by atoms with van der Waals surface area (Å²) < 4.78 is 10.4. The van der Waals surface area contributed by atoms with Crippen LogP contribution in [0.1, 0.15) is 34.6 Å². The predicted octanol–water partition coefficient (Wildman–Crippen LogP) is 4.07. The fraction of sp³-hybridized carbons (Fsp3) is 0.200. The van der Waals surface area contributed by atoms with Crippen molar-refractivity contribution in [3.05, 3.63) is 71.9 Å². The molecule has 0 saturated carbocycles. The zero-order chi connectivity index (χ0) is 18.1. The van der Waals surface area contributed by atoms with Gasteiger partial charge in [-0.25, -0.2) is 4.79 Å². The molecule has 2 rings (SSSR count). The van der Waals surface area contributed by atoms with Crippen LogP contribution in [0.2, 0.25) is 0 Å². The normalized spacial score (nSPS) is 10.5. The number of allylic oxidation sites excluding steroid dienone is 1. The van der Waals surface area contributed by atoms with Crippen molar-refractivity contribution in [1.29, 1.82) is 0 Å². The van der Waals surface area contributed by atoms with Gasteiger partial charge in [0.25, 0.3) is 0 Å². The predicted molar refractivity (Wildman–Crippen MR) is 97.1 cm³/mol. The van der Waals surface area contributed by atoms with E-state index in [-0.39, 0.29) is 5.78 Å². The number of benzene rings is 2. The largest absolute Gasteiger partial charge is 0.494 e. The van der Waals surface area contributed by atoms with Crippen LogP contribution in [0.5, 0.6) is 5.75 Å². The lowest BCUT2D eigenvalue weighted by Gasteiger charge is -2.08. The van der Waals surface area contributed by atoms with Gasteiger partial charge in [0.15, 0.2) is 5.78 Å². The summed E-state index contributed by atoms with van der Waals surface area (Å²) in [6, 6.07) is 13.9. The van der Waals surface area contributed by atoms with E-state index in [1.807, 2.05) is 6.92 Å². The Labute approximate surface area is 147 Å². The van der Waals surface area contributed by atoms with Gasteiger partial charge in [-0.2, -0.15) is 0 Å². The Kier molecular flexibility index (Phi) is 6.77. The lowest BCUT2D eigenvalue weighted by Crippen LogP contribution is -2.07. The fourth-order valence-electron chi connectivity index (χ4n) is 2.18. The Hall–Kier alpha value is -3.08. The Balaban J connectivity index is 2.03. The molecule has 25 heavy (non-hydrogen) atoms. The number of anilines is 1. The van der Waals surface area contributed by atoms with Crippen molar-refractivity contribution >= 4 is 17.4 Å². The number of hydrogen-bond donors (Lipinski definition) is 1. The van der Waals surface area contributed by atoms with E-state index in [0.29, 0.717) is 30.0 Å². The number of nitrogens with one attached hydrogen (secondary N) is 1. The van der Waals surface area contributed by atoms with Crippen LogP contribution in [0, 0.1) is 0 Å². The molecule has 0 aliphatic rings. The van der Waals surface area contributed by atoms with Crippen LogP contribution in [0.25, 0.3) is 0 Å². The summed E-state index contributed by atoms with van der Waals surface area (Å²) in [6.07, 6.45) is 2.93. The number of carbonyl (C=O) groups excluding carboxylic acids is 2. The van der Waals surface area contributed by atoms with E-state index in [2.05, 4.69) is 5.32 Å². The smallest absolute Gasteiger partial charge is 0.340 e. The van der Waals surface area contributed by atoms with Gasteiger partial charge < -0.3 is 14.8 Å². The van der Waals surface area contributed by atoms with Crippen LogP contribution >= 0.6 is 0 Å². The Morgan fingerprint density at radius 1 is 1.00 bits per heavy atom. The molecule has 0 heterocycles. The first kappa shape index (κ1) is 18.3. The van der Waals surface area contributed by atoms with Gasteiger partial charge in [-0.1, -0.05) is 12.1 Å². The average molecular weight is 339 g/mol. The molecule has 0 saturated heterocycles. The molecule has 5 heteroatoms. The molecule has 0 radical (unpaired) electrons. The van der Waals surface area contributed by atoms with Gasteiger partial charge in [0, 0.05) is 17.8 Å². The van der Waals surface area contributed by atoms with Crippen LogP contribution in [0.3, 0.4) is 0 Å². The second-order valence-corrected chi connectivity index (χ2v) is 5.07. The summed E-state index contributed by atoms with van der Waals surface area (Å²) in [6.45, 7) is 4.54. The molecule has 2 aromatic rings. The first-order valence-corrected chi connectivity index (χ1v) is 8.12. The molecule has 0 fully saturated rings. The van der Waals surface area contributed by atoms with Crippen LogP contribution in [0.15, 0.2) is 60.8 Å². The summed E-state index contributed by atoms with van der Waals surface area (Å²) in [4.78, 5) is 24.1. The van der Waals surface area contributed by atoms with Crippen molar-refractivity contribution in [2.75, 3.05) is 18.5 Å². The molecule has 2 aromatic carbocycles. The highest BCUT2D eigenvalue weighted by Gasteiger charge is 2.10. The summed E-state index contributed by atoms with van der Waals surface area (Å²) in [5.74, 6) is 0.172. The van der Waals surface area contributed by atoms with Crippen molar-refractivity contribution in [3.63, 3.8) is 0 Å². The molecular formula is C20H21NO4. The molecular weight excluding hydrogens is 318 g/mol. The summed E-state index contributed by atoms with van der Waals surface area (Å²) in [5.41, 5.74) is 1.55. The van der Waals surface area contributed by atoms with Crippen molar-refractivity contribution in [2.24, 2.45) is 0 Å². The van der Waals surface area contributed by atoms with Gasteiger partial charge in [0.1, 0.15) is 5.75 Å². The molecule has 1 N–H and O–H groups in total. The minimum absolute atomic E-state index is 0.149. The number of para-hydroxylation sites is 1. The fourth-order valence-corrected chi connectivity index (χ4v) is 2.18. The SMILES string of the molecule is CCOC(=O)c1ccccc1N/C=C/C(=O)c1ccc(OCC)cc1. The third kappa shape index (κ3) is 5.21. The maximum Gasteiger partial charge on any atom is 0.340 e. The molecule has 0 aliphatic heterocycles. The molecule has 0 bridgehead atoms. The lowest BCUT2D eigenvalue weighted by molar-refractivity contribution is 0.0527. The Morgan fingerprint density at radius 3 is 2.40 bits per heavy atom. The highest BCUT2D eigenvalue weighted by molar-refractivity contribution is 6.04. The molecule has 0 unspecified atom stereocenters. The van der Waals surface area contributed by atoms with Gasteiger partial charge in [-0.3, -0.25) is 4.79 Å². The van der Waals surface area contributed by atoms with E-state index < -0.39 is 5.97 Å². The van der Waals surface area contributed by atoms with Crippen LogP contribution < -0.4 is 10.1 Å². The summed E-state index contributed by atoms with van der Waals surface area (Å²) >= 11 is 0. The van der Waals surface area contributed by atoms with Crippen LogP contribution in [-0.2, 0) is 4.74 Å². The Bertz CT molecular complexity index is 751. The molecule has 0 spiro atoms. The quantitative estimate of drug-likeness (QED) is 0.446.